The lowest BCUT2D eigenvalue weighted by molar-refractivity contribution is -0.304. The van der Waals surface area contributed by atoms with Crippen LogP contribution in [0, 0.1) is 0 Å². The van der Waals surface area contributed by atoms with E-state index in [9.17, 15) is 9.90 Å². The molecule has 0 aliphatic heterocycles. The Hall–Kier alpha value is -1.38. The lowest BCUT2D eigenvalue weighted by Crippen LogP contribution is -2.24. The molecule has 0 unspecified atom stereocenters. The summed E-state index contributed by atoms with van der Waals surface area (Å²) in [5.74, 6) is -1.08. The number of hydrogen-bond acceptors (Lipinski definition) is 3. The zero-order valence-corrected chi connectivity index (χ0v) is 5.28. The molecular formula is C7H6NO2-. The molecule has 0 aliphatic rings. The van der Waals surface area contributed by atoms with E-state index in [0.29, 0.717) is 5.56 Å². The number of carboxylic acids is 1. The zero-order chi connectivity index (χ0) is 7.40. The maximum atomic E-state index is 10.0. The average Bonchev–Trinajstić information content (AvgIpc) is 1.88. The van der Waals surface area contributed by atoms with Crippen LogP contribution < -0.4 is 5.11 Å². The van der Waals surface area contributed by atoms with Crippen molar-refractivity contribution in [1.82, 2.24) is 4.98 Å². The van der Waals surface area contributed by atoms with Crippen molar-refractivity contribution in [2.24, 2.45) is 0 Å². The van der Waals surface area contributed by atoms with Crippen molar-refractivity contribution < 1.29 is 9.90 Å². The van der Waals surface area contributed by atoms with Gasteiger partial charge in [-0.2, -0.15) is 0 Å². The molecule has 1 aromatic rings. The fourth-order valence-corrected chi connectivity index (χ4v) is 0.669. The van der Waals surface area contributed by atoms with Crippen molar-refractivity contribution in [2.75, 3.05) is 0 Å². The van der Waals surface area contributed by atoms with E-state index in [2.05, 4.69) is 4.98 Å². The van der Waals surface area contributed by atoms with Crippen LogP contribution in [-0.4, -0.2) is 11.0 Å². The number of aliphatic carboxylic acids is 1. The number of carboxylic acid groups (broad SMARTS) is 1. The van der Waals surface area contributed by atoms with Gasteiger partial charge in [0.1, 0.15) is 0 Å². The number of carbonyl (C=O) groups excluding carboxylic acids is 1. The summed E-state index contributed by atoms with van der Waals surface area (Å²) < 4.78 is 0. The van der Waals surface area contributed by atoms with Gasteiger partial charge in [-0.15, -0.1) is 0 Å². The van der Waals surface area contributed by atoms with E-state index in [1.54, 1.807) is 18.3 Å². The van der Waals surface area contributed by atoms with Gasteiger partial charge in [0.05, 0.1) is 0 Å². The molecule has 0 bridgehead atoms. The minimum Gasteiger partial charge on any atom is -0.550 e. The molecule has 1 heterocycles. The fourth-order valence-electron chi connectivity index (χ4n) is 0.669. The van der Waals surface area contributed by atoms with Gasteiger partial charge in [-0.1, -0.05) is 6.07 Å². The minimum absolute atomic E-state index is 0.0617. The number of hydrogen-bond donors (Lipinski definition) is 0. The highest BCUT2D eigenvalue weighted by molar-refractivity contribution is 5.67. The van der Waals surface area contributed by atoms with Crippen molar-refractivity contribution in [1.29, 1.82) is 0 Å². The first-order valence-electron chi connectivity index (χ1n) is 2.88. The monoisotopic (exact) mass is 136 g/mol. The summed E-state index contributed by atoms with van der Waals surface area (Å²) >= 11 is 0. The van der Waals surface area contributed by atoms with Crippen molar-refractivity contribution >= 4 is 5.97 Å². The second-order valence-corrected chi connectivity index (χ2v) is 1.91. The van der Waals surface area contributed by atoms with E-state index >= 15 is 0 Å². The van der Waals surface area contributed by atoms with Gasteiger partial charge < -0.3 is 9.90 Å². The van der Waals surface area contributed by atoms with Gasteiger partial charge in [0.15, 0.2) is 0 Å². The topological polar surface area (TPSA) is 53.0 Å². The SMILES string of the molecule is O=C([O-])Cc1cccnc1. The summed E-state index contributed by atoms with van der Waals surface area (Å²) in [6.07, 6.45) is 3.04. The number of pyridine rings is 1. The largest absolute Gasteiger partial charge is 0.550 e. The summed E-state index contributed by atoms with van der Waals surface area (Å²) in [6, 6.07) is 3.39. The summed E-state index contributed by atoms with van der Waals surface area (Å²) in [5.41, 5.74) is 0.669. The van der Waals surface area contributed by atoms with E-state index in [0.717, 1.165) is 0 Å². The van der Waals surface area contributed by atoms with Gasteiger partial charge in [-0.25, -0.2) is 0 Å². The molecule has 1 aromatic heterocycles. The normalized spacial score (nSPS) is 9.20. The molecule has 0 saturated carbocycles. The first-order chi connectivity index (χ1) is 4.79. The number of aromatic nitrogens is 1. The van der Waals surface area contributed by atoms with Crippen LogP contribution in [0.1, 0.15) is 5.56 Å². The molecule has 0 N–H and O–H groups in total. The third-order valence-corrected chi connectivity index (χ3v) is 1.07. The van der Waals surface area contributed by atoms with Crippen molar-refractivity contribution in [3.63, 3.8) is 0 Å². The Balaban J connectivity index is 2.67. The first-order valence-corrected chi connectivity index (χ1v) is 2.88. The summed E-state index contributed by atoms with van der Waals surface area (Å²) in [4.78, 5) is 13.8. The van der Waals surface area contributed by atoms with Crippen molar-refractivity contribution in [3.8, 4) is 0 Å². The molecule has 0 aromatic carbocycles. The van der Waals surface area contributed by atoms with Crippen LogP contribution in [0.5, 0.6) is 0 Å². The molecule has 10 heavy (non-hydrogen) atoms. The molecule has 0 saturated heterocycles. The summed E-state index contributed by atoms with van der Waals surface area (Å²) in [6.45, 7) is 0. The average molecular weight is 136 g/mol. The Morgan fingerprint density at radius 3 is 3.00 bits per heavy atom. The Morgan fingerprint density at radius 1 is 1.70 bits per heavy atom. The third kappa shape index (κ3) is 1.85. The molecule has 0 aliphatic carbocycles. The Kier molecular flexibility index (Phi) is 1.99. The maximum Gasteiger partial charge on any atom is 0.0458 e. The van der Waals surface area contributed by atoms with E-state index < -0.39 is 5.97 Å². The molecule has 3 nitrogen and oxygen atoms in total. The number of rotatable bonds is 2. The van der Waals surface area contributed by atoms with Gasteiger partial charge in [0, 0.05) is 24.8 Å². The molecule has 1 rings (SSSR count). The highest BCUT2D eigenvalue weighted by Crippen LogP contribution is 1.94. The molecule has 0 spiro atoms. The van der Waals surface area contributed by atoms with Crippen LogP contribution in [0.4, 0.5) is 0 Å². The molecule has 0 atom stereocenters. The highest BCUT2D eigenvalue weighted by Gasteiger charge is 1.89. The fraction of sp³-hybridized carbons (Fsp3) is 0.143. The van der Waals surface area contributed by atoms with Crippen molar-refractivity contribution in [3.05, 3.63) is 30.1 Å². The lowest BCUT2D eigenvalue weighted by atomic mass is 10.2. The second kappa shape index (κ2) is 2.96. The van der Waals surface area contributed by atoms with Crippen LogP contribution in [0.15, 0.2) is 24.5 Å². The smallest absolute Gasteiger partial charge is 0.0458 e. The molecule has 0 radical (unpaired) electrons. The number of carbonyl (C=O) groups is 1. The van der Waals surface area contributed by atoms with Gasteiger partial charge in [0.2, 0.25) is 0 Å². The van der Waals surface area contributed by atoms with Gasteiger partial charge >= 0.3 is 0 Å². The van der Waals surface area contributed by atoms with Crippen LogP contribution in [0.3, 0.4) is 0 Å². The van der Waals surface area contributed by atoms with E-state index in [1.807, 2.05) is 0 Å². The molecule has 0 fully saturated rings. The summed E-state index contributed by atoms with van der Waals surface area (Å²) in [5, 5.41) is 10.0. The third-order valence-electron chi connectivity index (χ3n) is 1.07. The quantitative estimate of drug-likeness (QED) is 0.544. The van der Waals surface area contributed by atoms with Crippen molar-refractivity contribution in [2.45, 2.75) is 6.42 Å². The second-order valence-electron chi connectivity index (χ2n) is 1.91. The zero-order valence-electron chi connectivity index (χ0n) is 5.28. The molecular weight excluding hydrogens is 130 g/mol. The highest BCUT2D eigenvalue weighted by atomic mass is 16.4. The molecule has 3 heteroatoms. The Labute approximate surface area is 58.3 Å². The van der Waals surface area contributed by atoms with E-state index in [4.69, 9.17) is 0 Å². The molecule has 0 amide bonds. The molecule has 52 valence electrons. The van der Waals surface area contributed by atoms with Gasteiger partial charge in [-0.3, -0.25) is 4.98 Å². The Morgan fingerprint density at radius 2 is 2.50 bits per heavy atom. The minimum atomic E-state index is -1.08. The first kappa shape index (κ1) is 6.74. The Bertz CT molecular complexity index is 220. The van der Waals surface area contributed by atoms with Gasteiger partial charge in [0.25, 0.3) is 0 Å². The predicted molar refractivity (Wildman–Crippen MR) is 32.9 cm³/mol. The van der Waals surface area contributed by atoms with E-state index in [1.165, 1.54) is 6.20 Å². The van der Waals surface area contributed by atoms with E-state index in [-0.39, 0.29) is 6.42 Å². The summed E-state index contributed by atoms with van der Waals surface area (Å²) in [7, 11) is 0. The van der Waals surface area contributed by atoms with Crippen LogP contribution in [0.2, 0.25) is 0 Å². The standard InChI is InChI=1S/C7H7NO2/c9-7(10)4-6-2-1-3-8-5-6/h1-3,5H,4H2,(H,9,10)/p-1. The van der Waals surface area contributed by atoms with Crippen LogP contribution in [-0.2, 0) is 11.2 Å². The predicted octanol–water partition coefficient (Wildman–Crippen LogP) is -0.626. The lowest BCUT2D eigenvalue weighted by Gasteiger charge is -1.99. The maximum absolute atomic E-state index is 10.0. The van der Waals surface area contributed by atoms with Gasteiger partial charge in [-0.05, 0) is 11.6 Å². The van der Waals surface area contributed by atoms with Crippen LogP contribution in [0.25, 0.3) is 0 Å². The number of nitrogens with zero attached hydrogens (tertiary/aromatic N) is 1. The van der Waals surface area contributed by atoms with Crippen LogP contribution >= 0.6 is 0 Å².